The number of aromatic nitrogens is 3. The van der Waals surface area contributed by atoms with Crippen molar-refractivity contribution in [3.63, 3.8) is 0 Å². The third kappa shape index (κ3) is 18.0. The molecule has 1 aromatic heterocycles. The van der Waals surface area contributed by atoms with Crippen LogP contribution in [-0.2, 0) is 32.9 Å². The highest BCUT2D eigenvalue weighted by Crippen LogP contribution is 2.40. The van der Waals surface area contributed by atoms with E-state index in [9.17, 15) is 60.1 Å². The van der Waals surface area contributed by atoms with Crippen LogP contribution in [-0.4, -0.2) is 189 Å². The average Bonchev–Trinajstić information content (AvgIpc) is 3.65. The SMILES string of the molecule is CNC[C@H](O)[C@@H](O)[C@H](O)[C@H](O)CO.CNC[C@H](O)[C@@H](O)[C@H](O)[C@H](O)CO.C[C@H](O[C@@H]1OCCN(Cc2nn(P(=O)(O)O)c(=O)[nH]2)[C@H]1c1ccc(F)cc1)c1cc(C(F)(F)F)cc(C(F)(F)F)c1. The van der Waals surface area contributed by atoms with E-state index in [4.69, 9.17) is 50.3 Å². The lowest BCUT2D eigenvalue weighted by Gasteiger charge is -2.41. The normalized spacial score (nSPS) is 20.2. The van der Waals surface area contributed by atoms with Gasteiger partial charge in [-0.3, -0.25) is 9.88 Å². The van der Waals surface area contributed by atoms with Crippen LogP contribution in [0, 0.1) is 5.82 Å². The minimum atomic E-state index is -5.07. The molecule has 0 spiro atoms. The molecule has 3 aromatic rings. The van der Waals surface area contributed by atoms with Crippen molar-refractivity contribution in [3.8, 4) is 0 Å². The highest BCUT2D eigenvalue weighted by Gasteiger charge is 2.40. The van der Waals surface area contributed by atoms with Gasteiger partial charge in [-0.1, -0.05) is 12.1 Å². The Morgan fingerprint density at radius 3 is 1.64 bits per heavy atom. The van der Waals surface area contributed by atoms with Gasteiger partial charge in [0.15, 0.2) is 6.29 Å². The second kappa shape index (κ2) is 26.4. The number of H-pyrrole nitrogens is 1. The first-order valence-electron chi connectivity index (χ1n) is 19.8. The Labute approximate surface area is 376 Å². The second-order valence-electron chi connectivity index (χ2n) is 14.8. The van der Waals surface area contributed by atoms with Gasteiger partial charge in [0.1, 0.15) is 48.3 Å². The maximum absolute atomic E-state index is 13.7. The molecule has 11 atom stereocenters. The number of nitrogens with zero attached hydrogens (tertiary/aromatic N) is 3. The summed E-state index contributed by atoms with van der Waals surface area (Å²) in [6.45, 7) is -0.0952. The fraction of sp³-hybridized carbons (Fsp3) is 0.622. The maximum atomic E-state index is 13.7. The quantitative estimate of drug-likeness (QED) is 0.0442. The molecule has 0 radical (unpaired) electrons. The number of hydrogen-bond donors (Lipinski definition) is 15. The number of hydrogen-bond acceptors (Lipinski definition) is 18. The Kier molecular flexibility index (Phi) is 23.5. The molecule has 0 aliphatic carbocycles. The van der Waals surface area contributed by atoms with E-state index >= 15 is 0 Å². The Bertz CT molecular complexity index is 1970. The van der Waals surface area contributed by atoms with Crippen LogP contribution in [0.1, 0.15) is 47.1 Å². The summed E-state index contributed by atoms with van der Waals surface area (Å²) in [7, 11) is -1.92. The molecular formula is C37H56F7N6O16P. The van der Waals surface area contributed by atoms with Gasteiger partial charge in [-0.05, 0) is 62.5 Å². The number of benzene rings is 2. The molecule has 2 aromatic carbocycles. The topological polar surface area (TPSA) is 356 Å². The molecule has 15 N–H and O–H groups in total. The summed E-state index contributed by atoms with van der Waals surface area (Å²) in [6, 6.07) is 5.01. The zero-order chi connectivity index (χ0) is 51.2. The number of aromatic amines is 1. The molecule has 22 nitrogen and oxygen atoms in total. The second-order valence-corrected chi connectivity index (χ2v) is 16.2. The minimum absolute atomic E-state index is 0.00603. The predicted octanol–water partition coefficient (Wildman–Crippen LogP) is -2.35. The van der Waals surface area contributed by atoms with Gasteiger partial charge in [-0.2, -0.15) is 26.3 Å². The smallest absolute Gasteiger partial charge is 0.394 e. The van der Waals surface area contributed by atoms with Crippen molar-refractivity contribution < 1.29 is 106 Å². The van der Waals surface area contributed by atoms with E-state index in [1.165, 1.54) is 19.1 Å². The van der Waals surface area contributed by atoms with Crippen LogP contribution in [0.3, 0.4) is 0 Å². The molecule has 67 heavy (non-hydrogen) atoms. The summed E-state index contributed by atoms with van der Waals surface area (Å²) in [4.78, 5) is 34.3. The van der Waals surface area contributed by atoms with Gasteiger partial charge >= 0.3 is 25.8 Å². The lowest BCUT2D eigenvalue weighted by Crippen LogP contribution is -2.48. The Morgan fingerprint density at radius 2 is 1.25 bits per heavy atom. The average molecular weight is 1000 g/mol. The van der Waals surface area contributed by atoms with Crippen molar-refractivity contribution in [1.29, 1.82) is 0 Å². The molecule has 384 valence electrons. The molecule has 0 saturated carbocycles. The van der Waals surface area contributed by atoms with Gasteiger partial charge in [0.05, 0.1) is 61.8 Å². The van der Waals surface area contributed by atoms with E-state index in [1.54, 1.807) is 19.0 Å². The molecular weight excluding hydrogens is 948 g/mol. The molecule has 0 amide bonds. The summed E-state index contributed by atoms with van der Waals surface area (Å²) in [5.74, 6) is -0.775. The van der Waals surface area contributed by atoms with Crippen molar-refractivity contribution in [2.24, 2.45) is 0 Å². The summed E-state index contributed by atoms with van der Waals surface area (Å²) < 4.78 is 117. The van der Waals surface area contributed by atoms with E-state index in [1.807, 2.05) is 0 Å². The van der Waals surface area contributed by atoms with E-state index in [0.29, 0.717) is 17.7 Å². The van der Waals surface area contributed by atoms with Crippen LogP contribution < -0.4 is 16.3 Å². The lowest BCUT2D eigenvalue weighted by molar-refractivity contribution is -0.231. The molecule has 30 heteroatoms. The predicted molar refractivity (Wildman–Crippen MR) is 216 cm³/mol. The fourth-order valence-corrected chi connectivity index (χ4v) is 6.60. The first-order valence-corrected chi connectivity index (χ1v) is 21.3. The summed E-state index contributed by atoms with van der Waals surface area (Å²) in [5, 5.41) is 98.6. The van der Waals surface area contributed by atoms with Crippen LogP contribution in [0.2, 0.25) is 0 Å². The molecule has 0 bridgehead atoms. The van der Waals surface area contributed by atoms with Gasteiger partial charge in [0.2, 0.25) is 0 Å². The first-order chi connectivity index (χ1) is 31.0. The lowest BCUT2D eigenvalue weighted by atomic mass is 10.0. The first kappa shape index (κ1) is 59.6. The molecule has 2 heterocycles. The van der Waals surface area contributed by atoms with Crippen molar-refractivity contribution in [1.82, 2.24) is 30.1 Å². The number of aliphatic hydroxyl groups excluding tert-OH is 10. The number of ether oxygens (including phenoxy) is 2. The Balaban J connectivity index is 0.000000484. The highest BCUT2D eigenvalue weighted by atomic mass is 31.2. The van der Waals surface area contributed by atoms with Crippen molar-refractivity contribution in [2.45, 2.75) is 93.1 Å². The molecule has 1 aliphatic rings. The third-order valence-electron chi connectivity index (χ3n) is 9.67. The highest BCUT2D eigenvalue weighted by molar-refractivity contribution is 7.49. The maximum Gasteiger partial charge on any atom is 0.454 e. The summed E-state index contributed by atoms with van der Waals surface area (Å²) >= 11 is 0. The van der Waals surface area contributed by atoms with E-state index < -0.39 is 129 Å². The number of alkyl halides is 6. The standard InChI is InChI=1S/C23H22F7N4O6P.2C7H17NO5/c1-12(14-8-15(22(25,26)27)10-16(9-14)23(28,29)30)40-20-19(13-2-4-17(24)5-3-13)33(6-7-39-20)11-18-31-21(35)34(32-18)41(36,37)38;2*1-8-2-4(10)6(12)7(13)5(11)3-9/h2-5,8-10,12,19-20H,6-7,11H2,1H3,(H,31,32,35)(H2,36,37,38);2*4-13H,2-3H2,1H3/t12-,19-,20-;2*4-,5+,6+,7+/m000/s1. The number of halogens is 7. The van der Waals surface area contributed by atoms with Crippen molar-refractivity contribution >= 4 is 7.75 Å². The van der Waals surface area contributed by atoms with Gasteiger partial charge in [0.25, 0.3) is 0 Å². The molecule has 1 aliphatic heterocycles. The monoisotopic (exact) mass is 1000 g/mol. The number of aliphatic hydroxyl groups is 10. The van der Waals surface area contributed by atoms with Crippen molar-refractivity contribution in [3.05, 3.63) is 86.8 Å². The molecule has 1 saturated heterocycles. The van der Waals surface area contributed by atoms with Crippen LogP contribution >= 0.6 is 7.75 Å². The van der Waals surface area contributed by atoms with Gasteiger partial charge in [-0.15, -0.1) is 9.55 Å². The van der Waals surface area contributed by atoms with E-state index in [-0.39, 0.29) is 49.1 Å². The fourth-order valence-electron chi connectivity index (χ4n) is 6.09. The number of morpholine rings is 1. The number of likely N-dealkylation sites (N-methyl/N-ethyl adjacent to an activating group) is 2. The zero-order valence-corrected chi connectivity index (χ0v) is 36.7. The van der Waals surface area contributed by atoms with E-state index in [0.717, 1.165) is 12.1 Å². The van der Waals surface area contributed by atoms with Crippen LogP contribution in [0.15, 0.2) is 47.3 Å². The van der Waals surface area contributed by atoms with Gasteiger partial charge in [0, 0.05) is 19.6 Å². The molecule has 0 unspecified atom stereocenters. The number of rotatable bonds is 19. The molecule has 4 rings (SSSR count). The Hall–Kier alpha value is -3.56. The summed E-state index contributed by atoms with van der Waals surface area (Å²) in [6.07, 6.45) is -24.1. The van der Waals surface area contributed by atoms with Crippen LogP contribution in [0.5, 0.6) is 0 Å². The minimum Gasteiger partial charge on any atom is -0.394 e. The van der Waals surface area contributed by atoms with Crippen LogP contribution in [0.4, 0.5) is 30.7 Å². The largest absolute Gasteiger partial charge is 0.454 e. The van der Waals surface area contributed by atoms with Crippen molar-refractivity contribution in [2.75, 3.05) is 53.6 Å². The van der Waals surface area contributed by atoms with E-state index in [2.05, 4.69) is 20.7 Å². The van der Waals surface area contributed by atoms with Gasteiger partial charge < -0.3 is 81.0 Å². The Morgan fingerprint density at radius 1 is 0.806 bits per heavy atom. The zero-order valence-electron chi connectivity index (χ0n) is 35.8. The third-order valence-corrected chi connectivity index (χ3v) is 10.4. The van der Waals surface area contributed by atoms with Crippen LogP contribution in [0.25, 0.3) is 0 Å². The molecule has 1 fully saturated rings. The number of nitrogens with one attached hydrogen (secondary N) is 3. The summed E-state index contributed by atoms with van der Waals surface area (Å²) in [5.41, 5.74) is -4.31. The van der Waals surface area contributed by atoms with Gasteiger partial charge in [-0.25, -0.2) is 13.8 Å².